The van der Waals surface area contributed by atoms with Crippen molar-refractivity contribution < 1.29 is 14.5 Å². The maximum absolute atomic E-state index is 13.1. The molecule has 0 bridgehead atoms. The average molecular weight is 504 g/mol. The van der Waals surface area contributed by atoms with Crippen LogP contribution in [0.3, 0.4) is 0 Å². The number of aromatic nitrogens is 1. The molecular weight excluding hydrogens is 486 g/mol. The van der Waals surface area contributed by atoms with E-state index in [2.05, 4.69) is 4.57 Å². The van der Waals surface area contributed by atoms with Gasteiger partial charge in [-0.1, -0.05) is 66.2 Å². The Balaban J connectivity index is 1.47. The van der Waals surface area contributed by atoms with Crippen LogP contribution in [0.5, 0.6) is 0 Å². The Morgan fingerprint density at radius 2 is 1.60 bits per heavy atom. The summed E-state index contributed by atoms with van der Waals surface area (Å²) in [5.74, 6) is -0.471. The Labute approximate surface area is 209 Å². The highest BCUT2D eigenvalue weighted by Crippen LogP contribution is 2.36. The first kappa shape index (κ1) is 22.9. The molecular formula is C26H18ClN3O4S. The number of hydrogen-bond acceptors (Lipinski definition) is 5. The Bertz CT molecular complexity index is 1530. The molecule has 1 aromatic heterocycles. The van der Waals surface area contributed by atoms with Crippen molar-refractivity contribution in [3.63, 3.8) is 0 Å². The maximum Gasteiger partial charge on any atom is 0.293 e. The van der Waals surface area contributed by atoms with Crippen molar-refractivity contribution in [1.29, 1.82) is 0 Å². The fourth-order valence-electron chi connectivity index (χ4n) is 4.10. The monoisotopic (exact) mass is 503 g/mol. The van der Waals surface area contributed by atoms with Gasteiger partial charge in [0.2, 0.25) is 0 Å². The quantitative estimate of drug-likeness (QED) is 0.170. The summed E-state index contributed by atoms with van der Waals surface area (Å²) >= 11 is 7.19. The minimum Gasteiger partial charge on any atom is -0.342 e. The predicted molar refractivity (Wildman–Crippen MR) is 137 cm³/mol. The second-order valence-electron chi connectivity index (χ2n) is 7.97. The smallest absolute Gasteiger partial charge is 0.293 e. The van der Waals surface area contributed by atoms with Gasteiger partial charge in [0.25, 0.3) is 16.8 Å². The van der Waals surface area contributed by atoms with Crippen LogP contribution in [0.25, 0.3) is 17.0 Å². The zero-order valence-corrected chi connectivity index (χ0v) is 19.8. The topological polar surface area (TPSA) is 85.5 Å². The van der Waals surface area contributed by atoms with Crippen molar-refractivity contribution in [3.8, 4) is 0 Å². The number of nitrogens with zero attached hydrogens (tertiary/aromatic N) is 3. The number of rotatable bonds is 6. The molecule has 174 valence electrons. The van der Waals surface area contributed by atoms with Crippen LogP contribution in [0.15, 0.2) is 83.9 Å². The number of hydrogen-bond donors (Lipinski definition) is 0. The van der Waals surface area contributed by atoms with Gasteiger partial charge in [-0.25, -0.2) is 0 Å². The fourth-order valence-corrected chi connectivity index (χ4v) is 5.13. The Kier molecular flexibility index (Phi) is 6.15. The van der Waals surface area contributed by atoms with Gasteiger partial charge in [0.15, 0.2) is 0 Å². The molecule has 1 fully saturated rings. The zero-order chi connectivity index (χ0) is 24.5. The summed E-state index contributed by atoms with van der Waals surface area (Å²) in [5.41, 5.74) is 2.91. The summed E-state index contributed by atoms with van der Waals surface area (Å²) < 4.78 is 2.06. The summed E-state index contributed by atoms with van der Waals surface area (Å²) in [4.78, 5) is 37.9. The zero-order valence-electron chi connectivity index (χ0n) is 18.3. The van der Waals surface area contributed by atoms with Gasteiger partial charge >= 0.3 is 0 Å². The third kappa shape index (κ3) is 4.45. The number of para-hydroxylation sites is 2. The van der Waals surface area contributed by atoms with Crippen molar-refractivity contribution in [3.05, 3.63) is 116 Å². The summed E-state index contributed by atoms with van der Waals surface area (Å²) in [6.45, 7) is 0.389. The molecule has 5 rings (SSSR count). The number of nitro benzene ring substituents is 1. The summed E-state index contributed by atoms with van der Waals surface area (Å²) in [7, 11) is 0. The van der Waals surface area contributed by atoms with E-state index in [1.54, 1.807) is 24.3 Å². The van der Waals surface area contributed by atoms with E-state index in [0.29, 0.717) is 17.1 Å². The standard InChI is InChI=1S/C26H18ClN3O4S/c27-21-10-4-1-7-17(21)14-28-15-19(20-9-3-6-12-23(20)28)13-24-25(31)29(26(32)35-24)16-18-8-2-5-11-22(18)30(33)34/h1-13,15H,14,16H2/b24-13-. The van der Waals surface area contributed by atoms with E-state index in [9.17, 15) is 19.7 Å². The molecule has 35 heavy (non-hydrogen) atoms. The number of carbonyl (C=O) groups excluding carboxylic acids is 2. The molecule has 0 spiro atoms. The van der Waals surface area contributed by atoms with Crippen LogP contribution < -0.4 is 0 Å². The number of halogens is 1. The van der Waals surface area contributed by atoms with E-state index < -0.39 is 16.1 Å². The number of thioether (sulfide) groups is 1. The van der Waals surface area contributed by atoms with Gasteiger partial charge in [0.05, 0.1) is 16.4 Å². The van der Waals surface area contributed by atoms with E-state index in [0.717, 1.165) is 38.7 Å². The summed E-state index contributed by atoms with van der Waals surface area (Å²) in [6, 6.07) is 21.5. The normalized spacial score (nSPS) is 14.9. The molecule has 1 saturated heterocycles. The lowest BCUT2D eigenvalue weighted by molar-refractivity contribution is -0.385. The van der Waals surface area contributed by atoms with Gasteiger partial charge in [-0.2, -0.15) is 0 Å². The Morgan fingerprint density at radius 1 is 0.914 bits per heavy atom. The van der Waals surface area contributed by atoms with Crippen LogP contribution in [0, 0.1) is 10.1 Å². The van der Waals surface area contributed by atoms with Gasteiger partial charge < -0.3 is 4.57 Å². The van der Waals surface area contributed by atoms with Gasteiger partial charge in [0.1, 0.15) is 0 Å². The highest BCUT2D eigenvalue weighted by atomic mass is 35.5. The highest BCUT2D eigenvalue weighted by molar-refractivity contribution is 8.18. The second-order valence-corrected chi connectivity index (χ2v) is 9.37. The van der Waals surface area contributed by atoms with Crippen molar-refractivity contribution in [2.24, 2.45) is 0 Å². The predicted octanol–water partition coefficient (Wildman–Crippen LogP) is 6.49. The summed E-state index contributed by atoms with van der Waals surface area (Å²) in [5, 5.41) is 12.5. The van der Waals surface area contributed by atoms with E-state index in [1.807, 2.05) is 54.7 Å². The second kappa shape index (κ2) is 9.40. The van der Waals surface area contributed by atoms with Crippen molar-refractivity contribution in [1.82, 2.24) is 9.47 Å². The number of imide groups is 1. The van der Waals surface area contributed by atoms with Crippen molar-refractivity contribution >= 4 is 57.2 Å². The number of benzene rings is 3. The molecule has 1 aliphatic heterocycles. The number of fused-ring (bicyclic) bond motifs is 1. The SMILES string of the molecule is O=C1S/C(=C\c2cn(Cc3ccccc3Cl)c3ccccc23)C(=O)N1Cc1ccccc1[N+](=O)[O-]. The lowest BCUT2D eigenvalue weighted by Crippen LogP contribution is -2.27. The number of carbonyl (C=O) groups is 2. The molecule has 4 aromatic rings. The third-order valence-electron chi connectivity index (χ3n) is 5.79. The van der Waals surface area contributed by atoms with Crippen LogP contribution in [0.4, 0.5) is 10.5 Å². The molecule has 0 aliphatic carbocycles. The molecule has 2 heterocycles. The lowest BCUT2D eigenvalue weighted by Gasteiger charge is -2.12. The lowest BCUT2D eigenvalue weighted by atomic mass is 10.1. The molecule has 0 atom stereocenters. The van der Waals surface area contributed by atoms with Gasteiger partial charge in [0, 0.05) is 45.9 Å². The molecule has 2 amide bonds. The van der Waals surface area contributed by atoms with Crippen LogP contribution in [-0.2, 0) is 17.9 Å². The molecule has 0 N–H and O–H groups in total. The Morgan fingerprint density at radius 3 is 2.37 bits per heavy atom. The molecule has 0 saturated carbocycles. The minimum absolute atomic E-state index is 0.127. The first-order chi connectivity index (χ1) is 16.9. The number of amides is 2. The summed E-state index contributed by atoms with van der Waals surface area (Å²) in [6.07, 6.45) is 3.64. The molecule has 9 heteroatoms. The highest BCUT2D eigenvalue weighted by Gasteiger charge is 2.36. The van der Waals surface area contributed by atoms with Crippen LogP contribution in [-0.4, -0.2) is 25.5 Å². The van der Waals surface area contributed by atoms with Crippen LogP contribution in [0.1, 0.15) is 16.7 Å². The largest absolute Gasteiger partial charge is 0.342 e. The first-order valence-corrected chi connectivity index (χ1v) is 11.9. The first-order valence-electron chi connectivity index (χ1n) is 10.7. The van der Waals surface area contributed by atoms with E-state index in [-0.39, 0.29) is 17.1 Å². The third-order valence-corrected chi connectivity index (χ3v) is 7.07. The molecule has 7 nitrogen and oxygen atoms in total. The fraction of sp³-hybridized carbons (Fsp3) is 0.0769. The van der Waals surface area contributed by atoms with Gasteiger partial charge in [-0.3, -0.25) is 24.6 Å². The molecule has 0 unspecified atom stereocenters. The van der Waals surface area contributed by atoms with Crippen LogP contribution in [0.2, 0.25) is 5.02 Å². The van der Waals surface area contributed by atoms with E-state index >= 15 is 0 Å². The van der Waals surface area contributed by atoms with Gasteiger partial charge in [-0.15, -0.1) is 0 Å². The van der Waals surface area contributed by atoms with E-state index in [1.165, 1.54) is 6.07 Å². The van der Waals surface area contributed by atoms with Crippen LogP contribution >= 0.6 is 23.4 Å². The molecule has 1 aliphatic rings. The minimum atomic E-state index is -0.516. The maximum atomic E-state index is 13.1. The van der Waals surface area contributed by atoms with E-state index in [4.69, 9.17) is 11.6 Å². The van der Waals surface area contributed by atoms with Crippen molar-refractivity contribution in [2.45, 2.75) is 13.1 Å². The molecule has 0 radical (unpaired) electrons. The molecule has 3 aromatic carbocycles. The van der Waals surface area contributed by atoms with Crippen molar-refractivity contribution in [2.75, 3.05) is 0 Å². The average Bonchev–Trinajstić information content (AvgIpc) is 3.33. The Hall–Kier alpha value is -3.88. The van der Waals surface area contributed by atoms with Gasteiger partial charge in [-0.05, 0) is 35.5 Å². The number of nitro groups is 1.